The first-order valence-electron chi connectivity index (χ1n) is 4.55. The molecule has 0 aliphatic rings. The van der Waals surface area contributed by atoms with E-state index in [0.717, 1.165) is 15.8 Å². The fourth-order valence-electron chi connectivity index (χ4n) is 1.11. The number of anilines is 2. The summed E-state index contributed by atoms with van der Waals surface area (Å²) < 4.78 is 2.86. The van der Waals surface area contributed by atoms with Crippen molar-refractivity contribution < 1.29 is 0 Å². The molecule has 0 aliphatic heterocycles. The Balaban J connectivity index is 2.11. The van der Waals surface area contributed by atoms with Crippen LogP contribution in [0, 0.1) is 3.57 Å². The van der Waals surface area contributed by atoms with Gasteiger partial charge in [0.1, 0.15) is 0 Å². The molecule has 0 bridgehead atoms. The molecule has 0 unspecified atom stereocenters. The van der Waals surface area contributed by atoms with Gasteiger partial charge < -0.3 is 5.32 Å². The van der Waals surface area contributed by atoms with Crippen LogP contribution in [0.15, 0.2) is 24.8 Å². The fraction of sp³-hybridized carbons (Fsp3) is 0.222. The number of hydrogen-bond donors (Lipinski definition) is 1. The zero-order valence-electron chi connectivity index (χ0n) is 8.18. The first-order chi connectivity index (χ1) is 7.28. The molecule has 0 aromatic carbocycles. The molecule has 2 rings (SSSR count). The maximum atomic E-state index is 4.15. The molecule has 0 atom stereocenters. The van der Waals surface area contributed by atoms with Crippen LogP contribution in [0.4, 0.5) is 11.6 Å². The first-order valence-corrected chi connectivity index (χ1v) is 5.63. The van der Waals surface area contributed by atoms with Crippen LogP contribution in [-0.2, 0) is 6.54 Å². The second kappa shape index (κ2) is 4.56. The summed E-state index contributed by atoms with van der Waals surface area (Å²) in [6.45, 7) is 2.90. The van der Waals surface area contributed by atoms with Crippen molar-refractivity contribution in [3.8, 4) is 0 Å². The summed E-state index contributed by atoms with van der Waals surface area (Å²) in [6, 6.07) is 0. The van der Waals surface area contributed by atoms with Gasteiger partial charge >= 0.3 is 0 Å². The van der Waals surface area contributed by atoms with Gasteiger partial charge in [-0.3, -0.25) is 4.68 Å². The van der Waals surface area contributed by atoms with E-state index in [1.807, 2.05) is 17.8 Å². The van der Waals surface area contributed by atoms with Gasteiger partial charge in [-0.25, -0.2) is 9.97 Å². The van der Waals surface area contributed by atoms with Crippen molar-refractivity contribution in [3.05, 3.63) is 28.4 Å². The van der Waals surface area contributed by atoms with Crippen molar-refractivity contribution in [3.63, 3.8) is 0 Å². The molecule has 0 fully saturated rings. The molecule has 6 heteroatoms. The van der Waals surface area contributed by atoms with Crippen LogP contribution in [0.25, 0.3) is 0 Å². The monoisotopic (exact) mass is 315 g/mol. The van der Waals surface area contributed by atoms with Crippen molar-refractivity contribution in [1.82, 2.24) is 19.7 Å². The van der Waals surface area contributed by atoms with Gasteiger partial charge in [-0.1, -0.05) is 0 Å². The van der Waals surface area contributed by atoms with Crippen molar-refractivity contribution in [1.29, 1.82) is 0 Å². The molecular weight excluding hydrogens is 305 g/mol. The maximum Gasteiger partial charge on any atom is 0.227 e. The fourth-order valence-corrected chi connectivity index (χ4v) is 1.39. The van der Waals surface area contributed by atoms with E-state index in [-0.39, 0.29) is 0 Å². The van der Waals surface area contributed by atoms with Gasteiger partial charge in [0.05, 0.1) is 11.9 Å². The minimum Gasteiger partial charge on any atom is -0.321 e. The molecular formula is C9H10IN5. The van der Waals surface area contributed by atoms with Crippen LogP contribution in [0.3, 0.4) is 0 Å². The zero-order valence-corrected chi connectivity index (χ0v) is 10.3. The molecule has 0 aliphatic carbocycles. The maximum absolute atomic E-state index is 4.15. The lowest BCUT2D eigenvalue weighted by Gasteiger charge is -1.99. The van der Waals surface area contributed by atoms with E-state index in [9.17, 15) is 0 Å². The summed E-state index contributed by atoms with van der Waals surface area (Å²) >= 11 is 2.17. The average Bonchev–Trinajstić information content (AvgIpc) is 2.69. The summed E-state index contributed by atoms with van der Waals surface area (Å²) in [7, 11) is 0. The predicted octanol–water partition coefficient (Wildman–Crippen LogP) is 2.04. The van der Waals surface area contributed by atoms with E-state index >= 15 is 0 Å². The molecule has 5 nitrogen and oxygen atoms in total. The molecule has 0 saturated heterocycles. The third-order valence-corrected chi connectivity index (χ3v) is 2.39. The van der Waals surface area contributed by atoms with E-state index in [4.69, 9.17) is 0 Å². The summed E-state index contributed by atoms with van der Waals surface area (Å²) in [5.41, 5.74) is 0.901. The van der Waals surface area contributed by atoms with E-state index in [1.54, 1.807) is 18.6 Å². The van der Waals surface area contributed by atoms with Gasteiger partial charge in [0, 0.05) is 28.7 Å². The Morgan fingerprint density at radius 1 is 1.33 bits per heavy atom. The molecule has 2 heterocycles. The Kier molecular flexibility index (Phi) is 3.14. The number of halogens is 1. The van der Waals surface area contributed by atoms with Crippen LogP contribution < -0.4 is 5.32 Å². The van der Waals surface area contributed by atoms with Crippen LogP contribution in [0.1, 0.15) is 6.92 Å². The molecule has 0 amide bonds. The highest BCUT2D eigenvalue weighted by atomic mass is 127. The van der Waals surface area contributed by atoms with Gasteiger partial charge in [-0.2, -0.15) is 5.10 Å². The first kappa shape index (κ1) is 10.3. The Morgan fingerprint density at radius 3 is 2.67 bits per heavy atom. The number of aromatic nitrogens is 4. The summed E-state index contributed by atoms with van der Waals surface area (Å²) in [6.07, 6.45) is 7.20. The number of aryl methyl sites for hydroxylation is 1. The van der Waals surface area contributed by atoms with Crippen LogP contribution in [0.2, 0.25) is 0 Å². The van der Waals surface area contributed by atoms with E-state index in [1.165, 1.54) is 0 Å². The molecule has 0 radical (unpaired) electrons. The van der Waals surface area contributed by atoms with Gasteiger partial charge in [0.25, 0.3) is 0 Å². The topological polar surface area (TPSA) is 55.6 Å². The SMILES string of the molecule is CCn1cc(Nc2ncc(I)cn2)cn1. The second-order valence-corrected chi connectivity index (χ2v) is 4.18. The number of nitrogens with zero attached hydrogens (tertiary/aromatic N) is 4. The summed E-state index contributed by atoms with van der Waals surface area (Å²) in [5.74, 6) is 0.589. The highest BCUT2D eigenvalue weighted by Crippen LogP contribution is 2.11. The molecule has 0 spiro atoms. The smallest absolute Gasteiger partial charge is 0.227 e. The lowest BCUT2D eigenvalue weighted by molar-refractivity contribution is 0.660. The Morgan fingerprint density at radius 2 is 2.07 bits per heavy atom. The van der Waals surface area contributed by atoms with Crippen molar-refractivity contribution in [2.24, 2.45) is 0 Å². The largest absolute Gasteiger partial charge is 0.321 e. The molecule has 15 heavy (non-hydrogen) atoms. The third-order valence-electron chi connectivity index (χ3n) is 1.83. The standard InChI is InChI=1S/C9H10IN5/c1-2-15-6-8(5-13-15)14-9-11-3-7(10)4-12-9/h3-6H,2H2,1H3,(H,11,12,14). The molecule has 78 valence electrons. The van der Waals surface area contributed by atoms with Crippen molar-refractivity contribution in [2.75, 3.05) is 5.32 Å². The van der Waals surface area contributed by atoms with Crippen LogP contribution >= 0.6 is 22.6 Å². The minimum atomic E-state index is 0.589. The number of nitrogens with one attached hydrogen (secondary N) is 1. The Hall–Kier alpha value is -1.18. The predicted molar refractivity (Wildman–Crippen MR) is 65.9 cm³/mol. The van der Waals surface area contributed by atoms with E-state index in [2.05, 4.69) is 43.0 Å². The van der Waals surface area contributed by atoms with Crippen molar-refractivity contribution >= 4 is 34.2 Å². The molecule has 2 aromatic heterocycles. The second-order valence-electron chi connectivity index (χ2n) is 2.93. The molecule has 2 aromatic rings. The molecule has 1 N–H and O–H groups in total. The van der Waals surface area contributed by atoms with Gasteiger partial charge in [-0.15, -0.1) is 0 Å². The highest BCUT2D eigenvalue weighted by molar-refractivity contribution is 14.1. The van der Waals surface area contributed by atoms with Crippen LogP contribution in [0.5, 0.6) is 0 Å². The molecule has 0 saturated carbocycles. The quantitative estimate of drug-likeness (QED) is 0.881. The third kappa shape index (κ3) is 2.65. The Labute approximate surface area is 101 Å². The summed E-state index contributed by atoms with van der Waals surface area (Å²) in [5, 5.41) is 7.22. The lowest BCUT2D eigenvalue weighted by atomic mass is 10.5. The van der Waals surface area contributed by atoms with Gasteiger partial charge in [0.15, 0.2) is 0 Å². The van der Waals surface area contributed by atoms with Crippen molar-refractivity contribution in [2.45, 2.75) is 13.5 Å². The van der Waals surface area contributed by atoms with Gasteiger partial charge in [0.2, 0.25) is 5.95 Å². The van der Waals surface area contributed by atoms with Gasteiger partial charge in [-0.05, 0) is 29.5 Å². The number of rotatable bonds is 3. The summed E-state index contributed by atoms with van der Waals surface area (Å²) in [4.78, 5) is 8.28. The average molecular weight is 315 g/mol. The lowest BCUT2D eigenvalue weighted by Crippen LogP contribution is -1.96. The highest BCUT2D eigenvalue weighted by Gasteiger charge is 1.99. The Bertz CT molecular complexity index is 436. The van der Waals surface area contributed by atoms with E-state index in [0.29, 0.717) is 5.95 Å². The zero-order chi connectivity index (χ0) is 10.7. The van der Waals surface area contributed by atoms with Crippen LogP contribution in [-0.4, -0.2) is 19.7 Å². The van der Waals surface area contributed by atoms with E-state index < -0.39 is 0 Å². The normalized spacial score (nSPS) is 10.3. The number of hydrogen-bond acceptors (Lipinski definition) is 4. The minimum absolute atomic E-state index is 0.589.